The Kier molecular flexibility index (Phi) is 3.48. The van der Waals surface area contributed by atoms with Crippen molar-refractivity contribution >= 4 is 15.9 Å². The summed E-state index contributed by atoms with van der Waals surface area (Å²) < 4.78 is 12.5. The van der Waals surface area contributed by atoms with E-state index in [2.05, 4.69) is 22.0 Å². The molecule has 19 heavy (non-hydrogen) atoms. The Bertz CT molecular complexity index is 479. The van der Waals surface area contributed by atoms with E-state index in [1.54, 1.807) is 7.11 Å². The van der Waals surface area contributed by atoms with Gasteiger partial charge in [0.05, 0.1) is 17.7 Å². The van der Waals surface area contributed by atoms with Gasteiger partial charge in [-0.1, -0.05) is 0 Å². The Hall–Kier alpha value is -0.740. The van der Waals surface area contributed by atoms with Crippen LogP contribution in [0.15, 0.2) is 16.6 Å². The molecule has 0 spiro atoms. The third-order valence-corrected chi connectivity index (χ3v) is 4.77. The molecule has 0 aliphatic heterocycles. The van der Waals surface area contributed by atoms with E-state index in [-0.39, 0.29) is 5.54 Å². The number of ether oxygens (including phenoxy) is 2. The molecule has 1 aromatic rings. The van der Waals surface area contributed by atoms with Crippen molar-refractivity contribution in [3.63, 3.8) is 0 Å². The second-order valence-electron chi connectivity index (χ2n) is 5.67. The summed E-state index contributed by atoms with van der Waals surface area (Å²) in [5.41, 5.74) is 7.24. The zero-order valence-corrected chi connectivity index (χ0v) is 12.8. The van der Waals surface area contributed by atoms with E-state index in [1.165, 1.54) is 12.8 Å². The van der Waals surface area contributed by atoms with Crippen molar-refractivity contribution in [1.29, 1.82) is 0 Å². The van der Waals surface area contributed by atoms with Gasteiger partial charge in [0.15, 0.2) is 11.5 Å². The Morgan fingerprint density at radius 1 is 1.26 bits per heavy atom. The van der Waals surface area contributed by atoms with Crippen molar-refractivity contribution in [2.24, 2.45) is 5.73 Å². The monoisotopic (exact) mass is 325 g/mol. The van der Waals surface area contributed by atoms with E-state index in [0.717, 1.165) is 47.2 Å². The van der Waals surface area contributed by atoms with Gasteiger partial charge in [-0.15, -0.1) is 0 Å². The van der Waals surface area contributed by atoms with Gasteiger partial charge in [-0.25, -0.2) is 0 Å². The van der Waals surface area contributed by atoms with Gasteiger partial charge in [0.1, 0.15) is 0 Å². The topological polar surface area (TPSA) is 44.5 Å². The summed E-state index contributed by atoms with van der Waals surface area (Å²) in [6.07, 6.45) is 7.21. The SMILES string of the molecule is COc1cc(C2(N)CC2)cc(Br)c1OC1CCCC1. The lowest BCUT2D eigenvalue weighted by Crippen LogP contribution is -2.19. The standard InChI is InChI=1S/C15H20BrNO2/c1-18-13-9-10(15(17)6-7-15)8-12(16)14(13)19-11-4-2-3-5-11/h8-9,11H,2-7,17H2,1H3. The summed E-state index contributed by atoms with van der Waals surface area (Å²) in [5, 5.41) is 0. The molecule has 104 valence electrons. The summed E-state index contributed by atoms with van der Waals surface area (Å²) in [4.78, 5) is 0. The maximum Gasteiger partial charge on any atom is 0.175 e. The van der Waals surface area contributed by atoms with Crippen LogP contribution in [-0.4, -0.2) is 13.2 Å². The summed E-state index contributed by atoms with van der Waals surface area (Å²) in [5.74, 6) is 1.61. The number of benzene rings is 1. The first-order valence-electron chi connectivity index (χ1n) is 6.96. The van der Waals surface area contributed by atoms with Gasteiger partial charge in [0, 0.05) is 5.54 Å². The smallest absolute Gasteiger partial charge is 0.175 e. The van der Waals surface area contributed by atoms with Crippen LogP contribution in [0.2, 0.25) is 0 Å². The maximum absolute atomic E-state index is 6.26. The lowest BCUT2D eigenvalue weighted by molar-refractivity contribution is 0.199. The molecule has 2 saturated carbocycles. The average molecular weight is 326 g/mol. The summed E-state index contributed by atoms with van der Waals surface area (Å²) in [6.45, 7) is 0. The van der Waals surface area contributed by atoms with Crippen LogP contribution < -0.4 is 15.2 Å². The normalized spacial score (nSPS) is 21.4. The lowest BCUT2D eigenvalue weighted by atomic mass is 10.1. The molecule has 3 nitrogen and oxygen atoms in total. The maximum atomic E-state index is 6.26. The molecule has 4 heteroatoms. The molecule has 2 aliphatic rings. The van der Waals surface area contributed by atoms with Gasteiger partial charge >= 0.3 is 0 Å². The zero-order chi connectivity index (χ0) is 13.5. The molecule has 0 unspecified atom stereocenters. The molecule has 0 aromatic heterocycles. The van der Waals surface area contributed by atoms with Crippen LogP contribution in [0.4, 0.5) is 0 Å². The van der Waals surface area contributed by atoms with Crippen molar-refractivity contribution in [2.75, 3.05) is 7.11 Å². The zero-order valence-electron chi connectivity index (χ0n) is 11.2. The molecule has 1 aromatic carbocycles. The summed E-state index contributed by atoms with van der Waals surface area (Å²) in [7, 11) is 1.68. The first-order valence-corrected chi connectivity index (χ1v) is 7.75. The molecule has 2 aliphatic carbocycles. The van der Waals surface area contributed by atoms with Gasteiger partial charge in [-0.3, -0.25) is 0 Å². The fourth-order valence-corrected chi connectivity index (χ4v) is 3.25. The van der Waals surface area contributed by atoms with E-state index in [4.69, 9.17) is 15.2 Å². The van der Waals surface area contributed by atoms with Crippen molar-refractivity contribution in [3.05, 3.63) is 22.2 Å². The van der Waals surface area contributed by atoms with Gasteiger partial charge in [-0.2, -0.15) is 0 Å². The predicted octanol–water partition coefficient (Wildman–Crippen LogP) is 3.73. The van der Waals surface area contributed by atoms with E-state index < -0.39 is 0 Å². The molecular weight excluding hydrogens is 306 g/mol. The van der Waals surface area contributed by atoms with Crippen molar-refractivity contribution < 1.29 is 9.47 Å². The average Bonchev–Trinajstić information content (AvgIpc) is 2.95. The van der Waals surface area contributed by atoms with Crippen LogP contribution in [0.3, 0.4) is 0 Å². The number of hydrogen-bond acceptors (Lipinski definition) is 3. The Morgan fingerprint density at radius 3 is 2.53 bits per heavy atom. The first kappa shape index (κ1) is 13.3. The van der Waals surface area contributed by atoms with E-state index in [1.807, 2.05) is 6.07 Å². The molecule has 0 heterocycles. The number of hydrogen-bond donors (Lipinski definition) is 1. The molecular formula is C15H20BrNO2. The molecule has 0 radical (unpaired) electrons. The Labute approximate surface area is 122 Å². The molecule has 0 saturated heterocycles. The van der Waals surface area contributed by atoms with E-state index in [9.17, 15) is 0 Å². The van der Waals surface area contributed by atoms with Crippen molar-refractivity contribution in [3.8, 4) is 11.5 Å². The largest absolute Gasteiger partial charge is 0.493 e. The van der Waals surface area contributed by atoms with Crippen LogP contribution >= 0.6 is 15.9 Å². The minimum atomic E-state index is -0.151. The molecule has 0 amide bonds. The molecule has 2 fully saturated rings. The number of rotatable bonds is 4. The quantitative estimate of drug-likeness (QED) is 0.917. The van der Waals surface area contributed by atoms with Crippen LogP contribution in [0.1, 0.15) is 44.1 Å². The highest BCUT2D eigenvalue weighted by Gasteiger charge is 2.41. The number of nitrogens with two attached hydrogens (primary N) is 1. The van der Waals surface area contributed by atoms with Gasteiger partial charge in [0.2, 0.25) is 0 Å². The third-order valence-electron chi connectivity index (χ3n) is 4.18. The first-order chi connectivity index (χ1) is 9.12. The second-order valence-corrected chi connectivity index (χ2v) is 6.52. The molecule has 2 N–H and O–H groups in total. The molecule has 3 rings (SSSR count). The highest BCUT2D eigenvalue weighted by atomic mass is 79.9. The predicted molar refractivity (Wildman–Crippen MR) is 78.7 cm³/mol. The van der Waals surface area contributed by atoms with Gasteiger partial charge in [-0.05, 0) is 72.2 Å². The number of methoxy groups -OCH3 is 1. The second kappa shape index (κ2) is 4.98. The van der Waals surface area contributed by atoms with Crippen LogP contribution in [0.25, 0.3) is 0 Å². The van der Waals surface area contributed by atoms with Crippen LogP contribution in [-0.2, 0) is 5.54 Å². The van der Waals surface area contributed by atoms with Gasteiger partial charge in [0.25, 0.3) is 0 Å². The minimum Gasteiger partial charge on any atom is -0.493 e. The summed E-state index contributed by atoms with van der Waals surface area (Å²) >= 11 is 3.61. The van der Waals surface area contributed by atoms with Gasteiger partial charge < -0.3 is 15.2 Å². The Morgan fingerprint density at radius 2 is 1.95 bits per heavy atom. The van der Waals surface area contributed by atoms with E-state index >= 15 is 0 Å². The fourth-order valence-electron chi connectivity index (χ4n) is 2.72. The Balaban J connectivity index is 1.89. The molecule has 0 bridgehead atoms. The van der Waals surface area contributed by atoms with Crippen LogP contribution in [0, 0.1) is 0 Å². The van der Waals surface area contributed by atoms with E-state index in [0.29, 0.717) is 6.10 Å². The summed E-state index contributed by atoms with van der Waals surface area (Å²) in [6, 6.07) is 4.11. The fraction of sp³-hybridized carbons (Fsp3) is 0.600. The van der Waals surface area contributed by atoms with Crippen LogP contribution in [0.5, 0.6) is 11.5 Å². The number of halogens is 1. The lowest BCUT2D eigenvalue weighted by Gasteiger charge is -2.20. The van der Waals surface area contributed by atoms with Crippen molar-refractivity contribution in [1.82, 2.24) is 0 Å². The minimum absolute atomic E-state index is 0.151. The highest BCUT2D eigenvalue weighted by Crippen LogP contribution is 2.48. The highest BCUT2D eigenvalue weighted by molar-refractivity contribution is 9.10. The molecule has 0 atom stereocenters. The van der Waals surface area contributed by atoms with Crippen molar-refractivity contribution in [2.45, 2.75) is 50.2 Å². The third kappa shape index (κ3) is 2.61.